The van der Waals surface area contributed by atoms with Gasteiger partial charge in [0.25, 0.3) is 0 Å². The van der Waals surface area contributed by atoms with Crippen LogP contribution in [0.25, 0.3) is 0 Å². The Balaban J connectivity index is 2.06. The third-order valence-electron chi connectivity index (χ3n) is 2.74. The van der Waals surface area contributed by atoms with Gasteiger partial charge in [-0.15, -0.1) is 0 Å². The topological polar surface area (TPSA) is 46.6 Å². The van der Waals surface area contributed by atoms with Crippen molar-refractivity contribution < 1.29 is 14.3 Å². The van der Waals surface area contributed by atoms with Crippen LogP contribution >= 0.6 is 0 Å². The molecular formula is C12H12BNO3. The number of allylic oxidation sites excluding steroid dienone is 5. The summed E-state index contributed by atoms with van der Waals surface area (Å²) in [4.78, 5) is 23.4. The SMILES string of the molecule is [B]C(=O)N1C(=O)OC[C@@H]1CC1=CCC=CC=C1. The van der Waals surface area contributed by atoms with Crippen LogP contribution in [0.5, 0.6) is 0 Å². The summed E-state index contributed by atoms with van der Waals surface area (Å²) in [5.41, 5.74) is 1.07. The second-order valence-electron chi connectivity index (χ2n) is 3.95. The van der Waals surface area contributed by atoms with E-state index in [0.717, 1.165) is 16.9 Å². The lowest BCUT2D eigenvalue weighted by atomic mass is 10.0. The molecule has 0 bridgehead atoms. The molecule has 1 aliphatic carbocycles. The highest BCUT2D eigenvalue weighted by molar-refractivity contribution is 6.58. The largest absolute Gasteiger partial charge is 0.447 e. The molecule has 5 heteroatoms. The molecular weight excluding hydrogens is 217 g/mol. The van der Waals surface area contributed by atoms with Gasteiger partial charge in [0.1, 0.15) is 6.61 Å². The fourth-order valence-corrected chi connectivity index (χ4v) is 1.93. The van der Waals surface area contributed by atoms with E-state index in [1.165, 1.54) is 0 Å². The van der Waals surface area contributed by atoms with Crippen LogP contribution in [0, 0.1) is 0 Å². The summed E-state index contributed by atoms with van der Waals surface area (Å²) >= 11 is 0. The minimum absolute atomic E-state index is 0.209. The summed E-state index contributed by atoms with van der Waals surface area (Å²) in [6.07, 6.45) is 10.7. The summed E-state index contributed by atoms with van der Waals surface area (Å²) < 4.78 is 4.83. The first-order chi connectivity index (χ1) is 8.18. The van der Waals surface area contributed by atoms with Crippen molar-refractivity contribution in [2.75, 3.05) is 6.61 Å². The predicted molar refractivity (Wildman–Crippen MR) is 63.7 cm³/mol. The number of cyclic esters (lactones) is 1. The molecule has 1 saturated heterocycles. The van der Waals surface area contributed by atoms with E-state index < -0.39 is 11.9 Å². The minimum atomic E-state index is -0.756. The van der Waals surface area contributed by atoms with Crippen LogP contribution in [0.3, 0.4) is 0 Å². The maximum absolute atomic E-state index is 11.3. The van der Waals surface area contributed by atoms with E-state index in [2.05, 4.69) is 6.08 Å². The molecule has 0 N–H and O–H groups in total. The Hall–Kier alpha value is -1.78. The smallest absolute Gasteiger partial charge is 0.416 e. The Morgan fingerprint density at radius 3 is 3.12 bits per heavy atom. The highest BCUT2D eigenvalue weighted by atomic mass is 16.6. The van der Waals surface area contributed by atoms with Crippen molar-refractivity contribution in [3.8, 4) is 0 Å². The standard InChI is InChI=1S/C12H12BNO3/c13-11(15)14-10(8-17-12(14)16)7-9-5-3-1-2-4-6-9/h1-3,5-6,10H,4,7-8H2/t10-/m0/s1. The molecule has 0 aromatic rings. The molecule has 0 aromatic carbocycles. The molecule has 4 nitrogen and oxygen atoms in total. The number of nitrogens with zero attached hydrogens (tertiary/aromatic N) is 1. The van der Waals surface area contributed by atoms with Crippen molar-refractivity contribution in [2.24, 2.45) is 0 Å². The molecule has 2 aliphatic rings. The van der Waals surface area contributed by atoms with E-state index in [1.807, 2.05) is 24.3 Å². The Labute approximate surface area is 101 Å². The van der Waals surface area contributed by atoms with E-state index in [1.54, 1.807) is 0 Å². The van der Waals surface area contributed by atoms with Crippen LogP contribution in [0.1, 0.15) is 12.8 Å². The van der Waals surface area contributed by atoms with E-state index >= 15 is 0 Å². The van der Waals surface area contributed by atoms with Crippen LogP contribution in [0.4, 0.5) is 9.59 Å². The number of rotatable bonds is 2. The Morgan fingerprint density at radius 1 is 1.53 bits per heavy atom. The van der Waals surface area contributed by atoms with Crippen LogP contribution < -0.4 is 0 Å². The molecule has 86 valence electrons. The minimum Gasteiger partial charge on any atom is -0.447 e. The zero-order valence-corrected chi connectivity index (χ0v) is 9.33. The first-order valence-electron chi connectivity index (χ1n) is 5.46. The van der Waals surface area contributed by atoms with Gasteiger partial charge in [-0.2, -0.15) is 0 Å². The number of hydrogen-bond acceptors (Lipinski definition) is 3. The number of ether oxygens (including phenoxy) is 1. The molecule has 1 atom stereocenters. The van der Waals surface area contributed by atoms with Crippen LogP contribution in [0.2, 0.25) is 0 Å². The van der Waals surface area contributed by atoms with Crippen molar-refractivity contribution in [1.29, 1.82) is 0 Å². The summed E-state index contributed by atoms with van der Waals surface area (Å²) in [5, 5.41) is 0. The maximum atomic E-state index is 11.3. The van der Waals surface area contributed by atoms with Crippen molar-refractivity contribution in [2.45, 2.75) is 18.9 Å². The second kappa shape index (κ2) is 5.04. The third kappa shape index (κ3) is 2.67. The average Bonchev–Trinajstić information content (AvgIpc) is 2.51. The zero-order chi connectivity index (χ0) is 12.3. The number of hydrogen-bond donors (Lipinski definition) is 0. The zero-order valence-electron chi connectivity index (χ0n) is 9.33. The van der Waals surface area contributed by atoms with Crippen molar-refractivity contribution in [3.63, 3.8) is 0 Å². The number of carbonyl (C=O) groups excluding carboxylic acids is 2. The first kappa shape index (κ1) is 11.7. The monoisotopic (exact) mass is 229 g/mol. The lowest BCUT2D eigenvalue weighted by Gasteiger charge is -2.18. The molecule has 0 spiro atoms. The number of imide groups is 1. The highest BCUT2D eigenvalue weighted by Gasteiger charge is 2.35. The second-order valence-corrected chi connectivity index (χ2v) is 3.95. The Kier molecular flexibility index (Phi) is 3.47. The van der Waals surface area contributed by atoms with Gasteiger partial charge in [0, 0.05) is 0 Å². The molecule has 2 radical (unpaired) electrons. The van der Waals surface area contributed by atoms with E-state index in [9.17, 15) is 9.59 Å². The van der Waals surface area contributed by atoms with Gasteiger partial charge in [-0.1, -0.05) is 30.4 Å². The summed E-state index contributed by atoms with van der Waals surface area (Å²) in [6, 6.07) is -0.297. The van der Waals surface area contributed by atoms with Crippen molar-refractivity contribution in [3.05, 3.63) is 36.0 Å². The number of carbonyl (C=O) groups is 2. The van der Waals surface area contributed by atoms with Gasteiger partial charge in [-0.05, 0) is 18.4 Å². The number of amides is 2. The first-order valence-corrected chi connectivity index (χ1v) is 5.46. The fraction of sp³-hybridized carbons (Fsp3) is 0.333. The van der Waals surface area contributed by atoms with Crippen molar-refractivity contribution >= 4 is 19.7 Å². The fourth-order valence-electron chi connectivity index (χ4n) is 1.93. The van der Waals surface area contributed by atoms with Gasteiger partial charge in [-0.25, -0.2) is 4.79 Å². The predicted octanol–water partition coefficient (Wildman–Crippen LogP) is 1.93. The lowest BCUT2D eigenvalue weighted by Crippen LogP contribution is -2.38. The molecule has 2 rings (SSSR count). The van der Waals surface area contributed by atoms with E-state index in [0.29, 0.717) is 6.42 Å². The summed E-state index contributed by atoms with van der Waals surface area (Å²) in [7, 11) is 5.15. The molecule has 0 unspecified atom stereocenters. The molecule has 0 saturated carbocycles. The van der Waals surface area contributed by atoms with E-state index in [4.69, 9.17) is 12.6 Å². The lowest BCUT2D eigenvalue weighted by molar-refractivity contribution is 0.163. The molecule has 1 aliphatic heterocycles. The van der Waals surface area contributed by atoms with Gasteiger partial charge in [0.2, 0.25) is 7.85 Å². The molecule has 1 fully saturated rings. The van der Waals surface area contributed by atoms with E-state index in [-0.39, 0.29) is 12.6 Å². The van der Waals surface area contributed by atoms with Gasteiger partial charge in [-0.3, -0.25) is 9.69 Å². The Morgan fingerprint density at radius 2 is 2.35 bits per heavy atom. The molecule has 0 aromatic heterocycles. The maximum Gasteiger partial charge on any atom is 0.416 e. The molecule has 2 amide bonds. The van der Waals surface area contributed by atoms with Crippen LogP contribution in [0.15, 0.2) is 36.0 Å². The highest BCUT2D eigenvalue weighted by Crippen LogP contribution is 2.21. The third-order valence-corrected chi connectivity index (χ3v) is 2.74. The summed E-state index contributed by atoms with van der Waals surface area (Å²) in [5.74, 6) is -0.756. The quantitative estimate of drug-likeness (QED) is 0.679. The average molecular weight is 229 g/mol. The van der Waals surface area contributed by atoms with Gasteiger partial charge in [0.05, 0.1) is 6.04 Å². The molecule has 17 heavy (non-hydrogen) atoms. The van der Waals surface area contributed by atoms with Gasteiger partial charge >= 0.3 is 6.09 Å². The van der Waals surface area contributed by atoms with Crippen LogP contribution in [-0.4, -0.2) is 37.3 Å². The van der Waals surface area contributed by atoms with Gasteiger partial charge < -0.3 is 4.74 Å². The van der Waals surface area contributed by atoms with Crippen molar-refractivity contribution in [1.82, 2.24) is 4.90 Å². The normalized spacial score (nSPS) is 23.3. The summed E-state index contributed by atoms with van der Waals surface area (Å²) in [6.45, 7) is 0.209. The van der Waals surface area contributed by atoms with Crippen LogP contribution in [-0.2, 0) is 4.74 Å². The van der Waals surface area contributed by atoms with Gasteiger partial charge in [0.15, 0.2) is 5.81 Å². The molecule has 1 heterocycles. The Bertz CT molecular complexity index is 425.